The number of hydrogen-bond acceptors (Lipinski definition) is 5. The summed E-state index contributed by atoms with van der Waals surface area (Å²) in [6, 6.07) is 8.44. The van der Waals surface area contributed by atoms with Crippen molar-refractivity contribution in [2.75, 3.05) is 13.2 Å². The SMILES string of the molecule is C[C@@H]([C@@H](CCCc1ccccc1)C(=O)N[C@H](C(=O)NCC1CCCO1)C(C)(C)C)N(O)C=O. The van der Waals surface area contributed by atoms with Gasteiger partial charge in [-0.1, -0.05) is 51.1 Å². The molecule has 8 nitrogen and oxygen atoms in total. The number of hydroxylamine groups is 2. The van der Waals surface area contributed by atoms with E-state index in [0.29, 0.717) is 37.5 Å². The van der Waals surface area contributed by atoms with Crippen molar-refractivity contribution >= 4 is 18.2 Å². The molecule has 0 aliphatic carbocycles. The van der Waals surface area contributed by atoms with Gasteiger partial charge in [-0.15, -0.1) is 0 Å². The highest BCUT2D eigenvalue weighted by molar-refractivity contribution is 5.89. The molecule has 33 heavy (non-hydrogen) atoms. The standard InChI is InChI=1S/C25H39N3O5/c1-18(28(32)17-29)21(14-8-12-19-10-6-5-7-11-19)23(30)27-22(25(2,3)4)24(31)26-16-20-13-9-15-33-20/h5-7,10-11,17-18,20-22,32H,8-9,12-16H2,1-4H3,(H,26,31)(H,27,30)/t18-,20?,21+,22+/m0/s1. The number of aryl methyl sites for hydroxylation is 1. The molecule has 3 amide bonds. The van der Waals surface area contributed by atoms with Crippen LogP contribution in [0.4, 0.5) is 0 Å². The van der Waals surface area contributed by atoms with Gasteiger partial charge < -0.3 is 15.4 Å². The van der Waals surface area contributed by atoms with Crippen LogP contribution in [0.3, 0.4) is 0 Å². The van der Waals surface area contributed by atoms with Crippen molar-refractivity contribution in [3.63, 3.8) is 0 Å². The lowest BCUT2D eigenvalue weighted by molar-refractivity contribution is -0.166. The average molecular weight is 462 g/mol. The molecular weight excluding hydrogens is 422 g/mol. The van der Waals surface area contributed by atoms with Crippen molar-refractivity contribution in [1.82, 2.24) is 15.7 Å². The van der Waals surface area contributed by atoms with Crippen LogP contribution < -0.4 is 10.6 Å². The lowest BCUT2D eigenvalue weighted by Crippen LogP contribution is -2.57. The van der Waals surface area contributed by atoms with Gasteiger partial charge >= 0.3 is 0 Å². The Hall–Kier alpha value is -2.45. The number of nitrogens with one attached hydrogen (secondary N) is 2. The topological polar surface area (TPSA) is 108 Å². The Bertz CT molecular complexity index is 759. The summed E-state index contributed by atoms with van der Waals surface area (Å²) in [6.45, 7) is 8.42. The number of nitrogens with zero attached hydrogens (tertiary/aromatic N) is 1. The van der Waals surface area contributed by atoms with Crippen molar-refractivity contribution in [2.24, 2.45) is 11.3 Å². The molecule has 1 heterocycles. The fourth-order valence-corrected chi connectivity index (χ4v) is 4.09. The van der Waals surface area contributed by atoms with Crippen LogP contribution in [0.2, 0.25) is 0 Å². The highest BCUT2D eigenvalue weighted by Crippen LogP contribution is 2.23. The van der Waals surface area contributed by atoms with Crippen molar-refractivity contribution in [3.8, 4) is 0 Å². The first-order valence-corrected chi connectivity index (χ1v) is 11.8. The zero-order valence-corrected chi connectivity index (χ0v) is 20.3. The molecule has 3 N–H and O–H groups in total. The monoisotopic (exact) mass is 461 g/mol. The number of benzene rings is 1. The van der Waals surface area contributed by atoms with Crippen LogP contribution in [0.15, 0.2) is 30.3 Å². The van der Waals surface area contributed by atoms with E-state index in [4.69, 9.17) is 4.74 Å². The Kier molecular flexibility index (Phi) is 10.3. The number of rotatable bonds is 12. The third kappa shape index (κ3) is 8.44. The van der Waals surface area contributed by atoms with Gasteiger partial charge in [0.15, 0.2) is 0 Å². The van der Waals surface area contributed by atoms with E-state index < -0.39 is 23.4 Å². The first-order valence-electron chi connectivity index (χ1n) is 11.8. The largest absolute Gasteiger partial charge is 0.376 e. The molecule has 0 saturated carbocycles. The molecule has 0 spiro atoms. The van der Waals surface area contributed by atoms with E-state index >= 15 is 0 Å². The molecule has 1 aliphatic rings. The molecule has 2 rings (SSSR count). The molecule has 0 bridgehead atoms. The maximum Gasteiger partial charge on any atom is 0.243 e. The molecule has 0 radical (unpaired) electrons. The number of carbonyl (C=O) groups is 3. The number of hydrogen-bond donors (Lipinski definition) is 3. The van der Waals surface area contributed by atoms with Gasteiger partial charge in [-0.05, 0) is 50.0 Å². The van der Waals surface area contributed by atoms with Crippen LogP contribution in [0.5, 0.6) is 0 Å². The molecule has 1 unspecified atom stereocenters. The second kappa shape index (κ2) is 12.7. The fraction of sp³-hybridized carbons (Fsp3) is 0.640. The fourth-order valence-electron chi connectivity index (χ4n) is 4.09. The second-order valence-corrected chi connectivity index (χ2v) is 9.90. The minimum Gasteiger partial charge on any atom is -0.376 e. The third-order valence-electron chi connectivity index (χ3n) is 6.21. The van der Waals surface area contributed by atoms with Gasteiger partial charge in [-0.3, -0.25) is 19.6 Å². The van der Waals surface area contributed by atoms with Crippen molar-refractivity contribution in [1.29, 1.82) is 0 Å². The molecule has 0 aromatic heterocycles. The van der Waals surface area contributed by atoms with Gasteiger partial charge in [0.25, 0.3) is 0 Å². The zero-order valence-electron chi connectivity index (χ0n) is 20.3. The first kappa shape index (κ1) is 26.8. The predicted molar refractivity (Wildman–Crippen MR) is 125 cm³/mol. The van der Waals surface area contributed by atoms with Crippen molar-refractivity contribution in [2.45, 2.75) is 78.0 Å². The maximum absolute atomic E-state index is 13.3. The minimum atomic E-state index is -0.765. The van der Waals surface area contributed by atoms with Crippen LogP contribution in [0, 0.1) is 11.3 Å². The van der Waals surface area contributed by atoms with Crippen molar-refractivity contribution < 1.29 is 24.3 Å². The smallest absolute Gasteiger partial charge is 0.243 e. The number of amides is 3. The van der Waals surface area contributed by atoms with Crippen molar-refractivity contribution in [3.05, 3.63) is 35.9 Å². The number of carbonyl (C=O) groups excluding carboxylic acids is 3. The summed E-state index contributed by atoms with van der Waals surface area (Å²) in [4.78, 5) is 37.4. The summed E-state index contributed by atoms with van der Waals surface area (Å²) < 4.78 is 5.57. The summed E-state index contributed by atoms with van der Waals surface area (Å²) >= 11 is 0. The Balaban J connectivity index is 2.06. The Morgan fingerprint density at radius 1 is 1.24 bits per heavy atom. The van der Waals surface area contributed by atoms with Crippen LogP contribution in [0.1, 0.15) is 58.9 Å². The molecule has 8 heteroatoms. The van der Waals surface area contributed by atoms with Gasteiger partial charge in [0.1, 0.15) is 6.04 Å². The molecule has 1 aliphatic heterocycles. The van der Waals surface area contributed by atoms with E-state index in [9.17, 15) is 19.6 Å². The van der Waals surface area contributed by atoms with Gasteiger partial charge in [0, 0.05) is 13.2 Å². The lowest BCUT2D eigenvalue weighted by Gasteiger charge is -2.34. The van der Waals surface area contributed by atoms with Crippen LogP contribution in [0.25, 0.3) is 0 Å². The Morgan fingerprint density at radius 3 is 2.52 bits per heavy atom. The molecule has 1 fully saturated rings. The highest BCUT2D eigenvalue weighted by Gasteiger charge is 2.37. The highest BCUT2D eigenvalue weighted by atomic mass is 16.5. The van der Waals surface area contributed by atoms with E-state index in [1.165, 1.54) is 0 Å². The van der Waals surface area contributed by atoms with Gasteiger partial charge in [0.05, 0.1) is 18.1 Å². The first-order chi connectivity index (χ1) is 15.6. The lowest BCUT2D eigenvalue weighted by atomic mass is 9.84. The molecular formula is C25H39N3O5. The average Bonchev–Trinajstić information content (AvgIpc) is 3.31. The molecule has 1 aromatic carbocycles. The van der Waals surface area contributed by atoms with Crippen LogP contribution in [-0.4, -0.2) is 59.8 Å². The summed E-state index contributed by atoms with van der Waals surface area (Å²) in [7, 11) is 0. The van der Waals surface area contributed by atoms with Gasteiger partial charge in [0.2, 0.25) is 18.2 Å². The molecule has 184 valence electrons. The molecule has 4 atom stereocenters. The summed E-state index contributed by atoms with van der Waals surface area (Å²) in [5, 5.41) is 16.3. The van der Waals surface area contributed by atoms with E-state index in [2.05, 4.69) is 10.6 Å². The molecule has 1 aromatic rings. The summed E-state index contributed by atoms with van der Waals surface area (Å²) in [5.41, 5.74) is 0.624. The van der Waals surface area contributed by atoms with Crippen LogP contribution in [-0.2, 0) is 25.5 Å². The van der Waals surface area contributed by atoms with E-state index in [1.54, 1.807) is 6.92 Å². The molecule has 1 saturated heterocycles. The third-order valence-corrected chi connectivity index (χ3v) is 6.21. The quantitative estimate of drug-likeness (QED) is 0.252. The Labute approximate surface area is 197 Å². The second-order valence-electron chi connectivity index (χ2n) is 9.90. The maximum atomic E-state index is 13.3. The predicted octanol–water partition coefficient (Wildman–Crippen LogP) is 2.69. The summed E-state index contributed by atoms with van der Waals surface area (Å²) in [5.74, 6) is -1.29. The van der Waals surface area contributed by atoms with E-state index in [1.807, 2.05) is 51.1 Å². The summed E-state index contributed by atoms with van der Waals surface area (Å²) in [6.07, 6.45) is 4.13. The Morgan fingerprint density at radius 2 is 1.94 bits per heavy atom. The van der Waals surface area contributed by atoms with E-state index in [0.717, 1.165) is 24.8 Å². The zero-order chi connectivity index (χ0) is 24.4. The van der Waals surface area contributed by atoms with Crippen LogP contribution >= 0.6 is 0 Å². The van der Waals surface area contributed by atoms with Gasteiger partial charge in [-0.25, -0.2) is 5.06 Å². The van der Waals surface area contributed by atoms with Gasteiger partial charge in [-0.2, -0.15) is 0 Å². The number of ether oxygens (including phenoxy) is 1. The minimum absolute atomic E-state index is 0.00608. The normalized spacial score (nSPS) is 18.8. The van der Waals surface area contributed by atoms with E-state index in [-0.39, 0.29) is 17.9 Å².